The highest BCUT2D eigenvalue weighted by atomic mass is 19.1. The first-order valence-corrected chi connectivity index (χ1v) is 10.5. The van der Waals surface area contributed by atoms with Crippen LogP contribution in [0.1, 0.15) is 16.7 Å². The fourth-order valence-corrected chi connectivity index (χ4v) is 3.59. The van der Waals surface area contributed by atoms with E-state index in [2.05, 4.69) is 0 Å². The van der Waals surface area contributed by atoms with E-state index in [1.165, 1.54) is 35.3 Å². The average molecular weight is 441 g/mol. The van der Waals surface area contributed by atoms with Crippen molar-refractivity contribution in [3.05, 3.63) is 124 Å². The fraction of sp³-hybridized carbons (Fsp3) is 0.0714. The first-order chi connectivity index (χ1) is 16.0. The number of hydrogen-bond donors (Lipinski definition) is 0. The maximum atomic E-state index is 14.2. The smallest absolute Gasteiger partial charge is 0.247 e. The molecule has 0 bridgehead atoms. The molecule has 1 aliphatic rings. The first kappa shape index (κ1) is 22.1. The Morgan fingerprint density at radius 2 is 1.21 bits per heavy atom. The third-order valence-electron chi connectivity index (χ3n) is 5.31. The second-order valence-electron chi connectivity index (χ2n) is 7.65. The SMILES string of the molecule is O=C1/C(=C/c2ccccc2F)CN(C(=O)C=Cc2ccccc2)C/C1=C\c1ccccc1F. The second kappa shape index (κ2) is 10.0. The van der Waals surface area contributed by atoms with Gasteiger partial charge in [0.05, 0.1) is 13.1 Å². The highest BCUT2D eigenvalue weighted by Gasteiger charge is 2.28. The lowest BCUT2D eigenvalue weighted by molar-refractivity contribution is -0.126. The summed E-state index contributed by atoms with van der Waals surface area (Å²) in [7, 11) is 0. The summed E-state index contributed by atoms with van der Waals surface area (Å²) in [5, 5.41) is 0. The van der Waals surface area contributed by atoms with Crippen LogP contribution in [0, 0.1) is 11.6 Å². The summed E-state index contributed by atoms with van der Waals surface area (Å²) in [5.41, 5.74) is 1.88. The predicted octanol–water partition coefficient (Wildman–Crippen LogP) is 5.56. The Balaban J connectivity index is 1.69. The summed E-state index contributed by atoms with van der Waals surface area (Å²) < 4.78 is 28.4. The number of carbonyl (C=O) groups is 2. The summed E-state index contributed by atoms with van der Waals surface area (Å²) in [6.45, 7) is 0.0550. The third kappa shape index (κ3) is 5.39. The molecular formula is C28H21F2NO2. The topological polar surface area (TPSA) is 37.4 Å². The molecule has 0 aliphatic carbocycles. The Morgan fingerprint density at radius 1 is 0.727 bits per heavy atom. The largest absolute Gasteiger partial charge is 0.330 e. The van der Waals surface area contributed by atoms with Gasteiger partial charge in [-0.2, -0.15) is 0 Å². The summed E-state index contributed by atoms with van der Waals surface area (Å²) in [6.07, 6.45) is 6.03. The van der Waals surface area contributed by atoms with E-state index in [0.29, 0.717) is 0 Å². The molecule has 0 spiro atoms. The normalized spacial score (nSPS) is 16.7. The van der Waals surface area contributed by atoms with Gasteiger partial charge in [0.1, 0.15) is 11.6 Å². The molecule has 0 N–H and O–H groups in total. The van der Waals surface area contributed by atoms with E-state index in [4.69, 9.17) is 0 Å². The van der Waals surface area contributed by atoms with Crippen LogP contribution in [-0.4, -0.2) is 29.7 Å². The van der Waals surface area contributed by atoms with Gasteiger partial charge >= 0.3 is 0 Å². The van der Waals surface area contributed by atoms with Crippen LogP contribution in [0.4, 0.5) is 8.78 Å². The monoisotopic (exact) mass is 441 g/mol. The van der Waals surface area contributed by atoms with E-state index in [9.17, 15) is 18.4 Å². The van der Waals surface area contributed by atoms with E-state index < -0.39 is 11.6 Å². The molecule has 3 aromatic rings. The second-order valence-corrected chi connectivity index (χ2v) is 7.65. The Labute approximate surface area is 191 Å². The maximum Gasteiger partial charge on any atom is 0.247 e. The van der Waals surface area contributed by atoms with Gasteiger partial charge in [0.25, 0.3) is 0 Å². The molecule has 0 saturated carbocycles. The molecule has 0 unspecified atom stereocenters. The predicted molar refractivity (Wildman–Crippen MR) is 126 cm³/mol. The van der Waals surface area contributed by atoms with Gasteiger partial charge in [-0.05, 0) is 35.9 Å². The summed E-state index contributed by atoms with van der Waals surface area (Å²) in [6, 6.07) is 21.6. The highest BCUT2D eigenvalue weighted by Crippen LogP contribution is 2.24. The number of Topliss-reactive ketones (excluding diaryl/α,β-unsaturated/α-hetero) is 1. The number of benzene rings is 3. The molecule has 0 aromatic heterocycles. The molecule has 33 heavy (non-hydrogen) atoms. The number of likely N-dealkylation sites (tertiary alicyclic amines) is 1. The molecule has 4 rings (SSSR count). The number of carbonyl (C=O) groups excluding carboxylic acids is 2. The third-order valence-corrected chi connectivity index (χ3v) is 5.31. The molecule has 3 nitrogen and oxygen atoms in total. The molecule has 0 radical (unpaired) electrons. The highest BCUT2D eigenvalue weighted by molar-refractivity contribution is 6.15. The van der Waals surface area contributed by atoms with E-state index in [-0.39, 0.29) is 47.1 Å². The van der Waals surface area contributed by atoms with E-state index >= 15 is 0 Å². The van der Waals surface area contributed by atoms with Crippen molar-refractivity contribution in [1.82, 2.24) is 4.90 Å². The zero-order valence-corrected chi connectivity index (χ0v) is 17.7. The minimum atomic E-state index is -0.468. The lowest BCUT2D eigenvalue weighted by atomic mass is 9.94. The molecule has 1 saturated heterocycles. The van der Waals surface area contributed by atoms with Gasteiger partial charge in [0.2, 0.25) is 5.91 Å². The number of piperidine rings is 1. The molecule has 3 aromatic carbocycles. The van der Waals surface area contributed by atoms with Gasteiger partial charge in [0, 0.05) is 28.3 Å². The summed E-state index contributed by atoms with van der Waals surface area (Å²) in [4.78, 5) is 27.6. The minimum Gasteiger partial charge on any atom is -0.330 e. The molecule has 1 aliphatic heterocycles. The number of ketones is 1. The van der Waals surface area contributed by atoms with Crippen molar-refractivity contribution in [2.24, 2.45) is 0 Å². The molecule has 1 amide bonds. The summed E-state index contributed by atoms with van der Waals surface area (Å²) >= 11 is 0. The van der Waals surface area contributed by atoms with Gasteiger partial charge in [-0.3, -0.25) is 9.59 Å². The Bertz CT molecular complexity index is 1210. The van der Waals surface area contributed by atoms with Gasteiger partial charge < -0.3 is 4.90 Å². The van der Waals surface area contributed by atoms with E-state index in [0.717, 1.165) is 5.56 Å². The van der Waals surface area contributed by atoms with Crippen molar-refractivity contribution in [1.29, 1.82) is 0 Å². The summed E-state index contributed by atoms with van der Waals surface area (Å²) in [5.74, 6) is -1.57. The van der Waals surface area contributed by atoms with Crippen molar-refractivity contribution in [3.63, 3.8) is 0 Å². The lowest BCUT2D eigenvalue weighted by Gasteiger charge is -2.29. The van der Waals surface area contributed by atoms with Crippen molar-refractivity contribution >= 4 is 29.9 Å². The average Bonchev–Trinajstić information content (AvgIpc) is 2.83. The van der Waals surface area contributed by atoms with Crippen LogP contribution in [0.15, 0.2) is 96.1 Å². The van der Waals surface area contributed by atoms with Gasteiger partial charge in [-0.25, -0.2) is 8.78 Å². The van der Waals surface area contributed by atoms with Gasteiger partial charge in [-0.1, -0.05) is 66.7 Å². The van der Waals surface area contributed by atoms with Crippen LogP contribution >= 0.6 is 0 Å². The van der Waals surface area contributed by atoms with Crippen molar-refractivity contribution in [2.45, 2.75) is 0 Å². The molecule has 1 heterocycles. The zero-order valence-electron chi connectivity index (χ0n) is 17.7. The van der Waals surface area contributed by atoms with Gasteiger partial charge in [0.15, 0.2) is 5.78 Å². The van der Waals surface area contributed by atoms with Crippen LogP contribution in [0.2, 0.25) is 0 Å². The van der Waals surface area contributed by atoms with Crippen LogP contribution < -0.4 is 0 Å². The molecule has 164 valence electrons. The van der Waals surface area contributed by atoms with Crippen LogP contribution in [-0.2, 0) is 9.59 Å². The molecular weight excluding hydrogens is 420 g/mol. The van der Waals surface area contributed by atoms with Crippen molar-refractivity contribution in [2.75, 3.05) is 13.1 Å². The maximum absolute atomic E-state index is 14.2. The van der Waals surface area contributed by atoms with Crippen molar-refractivity contribution in [3.8, 4) is 0 Å². The first-order valence-electron chi connectivity index (χ1n) is 10.5. The molecule has 0 atom stereocenters. The molecule has 5 heteroatoms. The Hall–Kier alpha value is -4.12. The number of nitrogens with zero attached hydrogens (tertiary/aromatic N) is 1. The Morgan fingerprint density at radius 3 is 1.73 bits per heavy atom. The standard InChI is InChI=1S/C28H21F2NO2/c29-25-12-6-4-10-21(25)16-23-18-31(27(32)15-14-20-8-2-1-3-9-20)19-24(28(23)33)17-22-11-5-7-13-26(22)30/h1-17H,18-19H2/b15-14?,23-16+,24-17+. The van der Waals surface area contributed by atoms with Crippen LogP contribution in [0.25, 0.3) is 18.2 Å². The number of hydrogen-bond acceptors (Lipinski definition) is 2. The van der Waals surface area contributed by atoms with E-state index in [1.54, 1.807) is 42.5 Å². The fourth-order valence-electron chi connectivity index (χ4n) is 3.59. The van der Waals surface area contributed by atoms with Crippen LogP contribution in [0.3, 0.4) is 0 Å². The van der Waals surface area contributed by atoms with Crippen molar-refractivity contribution < 1.29 is 18.4 Å². The van der Waals surface area contributed by atoms with Gasteiger partial charge in [-0.15, -0.1) is 0 Å². The zero-order chi connectivity index (χ0) is 23.2. The van der Waals surface area contributed by atoms with Crippen LogP contribution in [0.5, 0.6) is 0 Å². The minimum absolute atomic E-state index is 0.0275. The quantitative estimate of drug-likeness (QED) is 0.498. The van der Waals surface area contributed by atoms with E-state index in [1.807, 2.05) is 30.3 Å². The number of halogens is 2. The number of amides is 1. The molecule has 1 fully saturated rings. The number of rotatable bonds is 4. The Kier molecular flexibility index (Phi) is 6.69. The lowest BCUT2D eigenvalue weighted by Crippen LogP contribution is -2.40.